The first-order valence-electron chi connectivity index (χ1n) is 31.3. The van der Waals surface area contributed by atoms with Crippen molar-refractivity contribution >= 4 is 17.9 Å². The van der Waals surface area contributed by atoms with E-state index in [9.17, 15) is 14.4 Å². The first-order chi connectivity index (χ1) is 39.0. The van der Waals surface area contributed by atoms with Crippen LogP contribution in [0.1, 0.15) is 239 Å². The third-order valence-electron chi connectivity index (χ3n) is 12.4. The maximum atomic E-state index is 12.9. The van der Waals surface area contributed by atoms with Gasteiger partial charge in [0.25, 0.3) is 0 Å². The number of allylic oxidation sites excluding steroid dienone is 30. The van der Waals surface area contributed by atoms with E-state index in [1.165, 1.54) is 0 Å². The number of rotatable bonds is 54. The molecule has 0 radical (unpaired) electrons. The Morgan fingerprint density at radius 3 is 0.709 bits per heavy atom. The van der Waals surface area contributed by atoms with E-state index in [1.807, 2.05) is 0 Å². The molecule has 1 unspecified atom stereocenters. The Morgan fingerprint density at radius 1 is 0.253 bits per heavy atom. The largest absolute Gasteiger partial charge is 0.462 e. The van der Waals surface area contributed by atoms with Gasteiger partial charge in [-0.2, -0.15) is 0 Å². The average molecular weight is 1090 g/mol. The number of hydrogen-bond acceptors (Lipinski definition) is 6. The Balaban J connectivity index is 4.55. The zero-order valence-corrected chi connectivity index (χ0v) is 50.3. The summed E-state index contributed by atoms with van der Waals surface area (Å²) in [6.07, 6.45) is 97.4. The molecular weight excluding hydrogens is 973 g/mol. The van der Waals surface area contributed by atoms with Crippen molar-refractivity contribution in [2.24, 2.45) is 0 Å². The van der Waals surface area contributed by atoms with Gasteiger partial charge in [0.2, 0.25) is 0 Å². The zero-order valence-electron chi connectivity index (χ0n) is 50.3. The van der Waals surface area contributed by atoms with Crippen LogP contribution >= 0.6 is 0 Å². The molecular formula is C73H112O6. The van der Waals surface area contributed by atoms with E-state index in [0.29, 0.717) is 12.8 Å². The van der Waals surface area contributed by atoms with Crippen LogP contribution in [-0.2, 0) is 28.6 Å². The highest BCUT2D eigenvalue weighted by atomic mass is 16.6. The lowest BCUT2D eigenvalue weighted by atomic mass is 10.1. The molecule has 0 saturated carbocycles. The van der Waals surface area contributed by atoms with Crippen LogP contribution in [0.3, 0.4) is 0 Å². The van der Waals surface area contributed by atoms with Crippen molar-refractivity contribution in [2.75, 3.05) is 13.2 Å². The molecule has 0 aliphatic carbocycles. The number of ether oxygens (including phenoxy) is 3. The third kappa shape index (κ3) is 63.2. The molecule has 0 aliphatic rings. The summed E-state index contributed by atoms with van der Waals surface area (Å²) in [5.74, 6) is -0.990. The summed E-state index contributed by atoms with van der Waals surface area (Å²) < 4.78 is 16.9. The molecule has 1 atom stereocenters. The second-order valence-corrected chi connectivity index (χ2v) is 19.8. The molecule has 0 aliphatic heterocycles. The van der Waals surface area contributed by atoms with Gasteiger partial charge in [-0.3, -0.25) is 14.4 Å². The van der Waals surface area contributed by atoms with Gasteiger partial charge < -0.3 is 14.2 Å². The van der Waals surface area contributed by atoms with Gasteiger partial charge in [0.1, 0.15) is 13.2 Å². The van der Waals surface area contributed by atoms with Crippen molar-refractivity contribution < 1.29 is 28.6 Å². The van der Waals surface area contributed by atoms with Gasteiger partial charge in [-0.05, 0) is 154 Å². The molecule has 0 aromatic carbocycles. The number of carbonyl (C=O) groups is 3. The summed E-state index contributed by atoms with van der Waals surface area (Å²) in [5, 5.41) is 0. The van der Waals surface area contributed by atoms with Crippen LogP contribution in [-0.4, -0.2) is 37.2 Å². The summed E-state index contributed by atoms with van der Waals surface area (Å²) in [6.45, 7) is 6.23. The molecule has 79 heavy (non-hydrogen) atoms. The molecule has 0 heterocycles. The first-order valence-corrected chi connectivity index (χ1v) is 31.3. The maximum absolute atomic E-state index is 12.9. The predicted octanol–water partition coefficient (Wildman–Crippen LogP) is 21.7. The Kier molecular flexibility index (Phi) is 60.5. The molecule has 0 spiro atoms. The van der Waals surface area contributed by atoms with Gasteiger partial charge >= 0.3 is 17.9 Å². The predicted molar refractivity (Wildman–Crippen MR) is 343 cm³/mol. The maximum Gasteiger partial charge on any atom is 0.306 e. The fourth-order valence-corrected chi connectivity index (χ4v) is 7.81. The van der Waals surface area contributed by atoms with Crippen molar-refractivity contribution in [1.82, 2.24) is 0 Å². The van der Waals surface area contributed by atoms with Crippen molar-refractivity contribution in [3.8, 4) is 0 Å². The van der Waals surface area contributed by atoms with Crippen LogP contribution in [0.5, 0.6) is 0 Å². The van der Waals surface area contributed by atoms with Gasteiger partial charge in [0.15, 0.2) is 6.10 Å². The zero-order chi connectivity index (χ0) is 57.1. The van der Waals surface area contributed by atoms with Crippen LogP contribution in [0.2, 0.25) is 0 Å². The van der Waals surface area contributed by atoms with Crippen LogP contribution in [0, 0.1) is 0 Å². The van der Waals surface area contributed by atoms with E-state index in [0.717, 1.165) is 199 Å². The lowest BCUT2D eigenvalue weighted by molar-refractivity contribution is -0.167. The second kappa shape index (κ2) is 65.0. The molecule has 6 heteroatoms. The van der Waals surface area contributed by atoms with Crippen molar-refractivity contribution in [3.05, 3.63) is 182 Å². The Hall–Kier alpha value is -5.49. The topological polar surface area (TPSA) is 78.9 Å². The molecule has 440 valence electrons. The van der Waals surface area contributed by atoms with Gasteiger partial charge in [-0.25, -0.2) is 0 Å². The molecule has 0 rings (SSSR count). The van der Waals surface area contributed by atoms with E-state index in [-0.39, 0.29) is 37.5 Å². The van der Waals surface area contributed by atoms with Crippen molar-refractivity contribution in [1.29, 1.82) is 0 Å². The summed E-state index contributed by atoms with van der Waals surface area (Å²) in [5.41, 5.74) is 0. The normalized spacial score (nSPS) is 13.4. The van der Waals surface area contributed by atoms with E-state index in [2.05, 4.69) is 203 Å². The highest BCUT2D eigenvalue weighted by Gasteiger charge is 2.19. The first kappa shape index (κ1) is 73.5. The third-order valence-corrected chi connectivity index (χ3v) is 12.4. The molecule has 0 aromatic heterocycles. The molecule has 0 bridgehead atoms. The summed E-state index contributed by atoms with van der Waals surface area (Å²) in [6, 6.07) is 0. The van der Waals surface area contributed by atoms with Gasteiger partial charge in [0.05, 0.1) is 0 Å². The summed E-state index contributed by atoms with van der Waals surface area (Å²) in [7, 11) is 0. The minimum absolute atomic E-state index is 0.116. The van der Waals surface area contributed by atoms with Crippen molar-refractivity contribution in [3.63, 3.8) is 0 Å². The van der Waals surface area contributed by atoms with E-state index >= 15 is 0 Å². The SMILES string of the molecule is CC/C=C\C/C=C\C/C=C\C/C=C\C/C=C\C/C=C\CCCCCCC(=O)OCC(COC(=O)CCCCCCC/C=C\C/C=C\C/C=C\CC)OC(=O)CCCCCC/C=C\C/C=C\C/C=C\C/C=C\C/C=C\C/C=C\CC. The van der Waals surface area contributed by atoms with Crippen LogP contribution < -0.4 is 0 Å². The van der Waals surface area contributed by atoms with Crippen LogP contribution in [0.15, 0.2) is 182 Å². The Bertz CT molecular complexity index is 1870. The molecule has 0 amide bonds. The lowest BCUT2D eigenvalue weighted by Crippen LogP contribution is -2.30. The monoisotopic (exact) mass is 1080 g/mol. The number of carbonyl (C=O) groups excluding carboxylic acids is 3. The molecule has 0 aromatic rings. The highest BCUT2D eigenvalue weighted by Crippen LogP contribution is 2.13. The van der Waals surface area contributed by atoms with E-state index < -0.39 is 6.10 Å². The fraction of sp³-hybridized carbons (Fsp3) is 0.548. The number of esters is 3. The highest BCUT2D eigenvalue weighted by molar-refractivity contribution is 5.71. The number of unbranched alkanes of at least 4 members (excludes halogenated alkanes) is 13. The van der Waals surface area contributed by atoms with E-state index in [4.69, 9.17) is 14.2 Å². The summed E-state index contributed by atoms with van der Waals surface area (Å²) in [4.78, 5) is 38.3. The molecule has 6 nitrogen and oxygen atoms in total. The van der Waals surface area contributed by atoms with Gasteiger partial charge in [-0.15, -0.1) is 0 Å². The lowest BCUT2D eigenvalue weighted by Gasteiger charge is -2.18. The minimum atomic E-state index is -0.823. The van der Waals surface area contributed by atoms with Gasteiger partial charge in [-0.1, -0.05) is 248 Å². The Labute approximate surface area is 484 Å². The second-order valence-electron chi connectivity index (χ2n) is 19.8. The van der Waals surface area contributed by atoms with Crippen LogP contribution in [0.25, 0.3) is 0 Å². The fourth-order valence-electron chi connectivity index (χ4n) is 7.81. The minimum Gasteiger partial charge on any atom is -0.462 e. The summed E-state index contributed by atoms with van der Waals surface area (Å²) >= 11 is 0. The molecule has 0 N–H and O–H groups in total. The number of hydrogen-bond donors (Lipinski definition) is 0. The quantitative estimate of drug-likeness (QED) is 0.0261. The van der Waals surface area contributed by atoms with Crippen LogP contribution in [0.4, 0.5) is 0 Å². The standard InChI is InChI=1S/C73H112O6/c1-4-7-10-13-16-19-22-25-28-30-32-34-36-38-40-42-45-48-51-54-57-60-63-66-72(75)78-69-70(68-77-71(74)65-62-59-56-53-50-47-44-27-24-21-18-15-12-9-6-3)79-73(76)67-64-61-58-55-52-49-46-43-41-39-37-35-33-31-29-26-23-20-17-14-11-8-5-2/h7-12,16-21,25-29,32-35,38-41,44-46,48-49,70H,4-6,13-15,22-24,30-31,36-37,42-43,47,50-69H2,1-3H3/b10-7-,11-8-,12-9-,19-16-,20-17-,21-18-,28-25-,29-26-,34-32-,35-33-,40-38-,41-39-,44-27-,48-45-,49-46-. The van der Waals surface area contributed by atoms with Gasteiger partial charge in [0, 0.05) is 19.3 Å². The van der Waals surface area contributed by atoms with E-state index in [1.54, 1.807) is 0 Å². The van der Waals surface area contributed by atoms with Crippen molar-refractivity contribution in [2.45, 2.75) is 245 Å². The average Bonchev–Trinajstić information content (AvgIpc) is 3.45. The molecule has 0 saturated heterocycles. The Morgan fingerprint density at radius 2 is 0.456 bits per heavy atom. The molecule has 0 fully saturated rings. The smallest absolute Gasteiger partial charge is 0.306 e.